The number of thiophene rings is 1. The highest BCUT2D eigenvalue weighted by Gasteiger charge is 2.21. The Morgan fingerprint density at radius 3 is 3.05 bits per heavy atom. The van der Waals surface area contributed by atoms with E-state index in [4.69, 9.17) is 5.73 Å². The molecule has 3 rings (SSSR count). The van der Waals surface area contributed by atoms with Crippen LogP contribution in [0.4, 0.5) is 5.82 Å². The van der Waals surface area contributed by atoms with E-state index in [2.05, 4.69) is 28.3 Å². The van der Waals surface area contributed by atoms with Crippen molar-refractivity contribution < 1.29 is 0 Å². The van der Waals surface area contributed by atoms with Gasteiger partial charge >= 0.3 is 0 Å². The molecule has 0 saturated heterocycles. The van der Waals surface area contributed by atoms with E-state index in [1.807, 2.05) is 0 Å². The van der Waals surface area contributed by atoms with Crippen molar-refractivity contribution in [3.63, 3.8) is 0 Å². The van der Waals surface area contributed by atoms with Gasteiger partial charge in [-0.2, -0.15) is 0 Å². The van der Waals surface area contributed by atoms with Crippen LogP contribution in [0.25, 0.3) is 10.2 Å². The van der Waals surface area contributed by atoms with Gasteiger partial charge in [0.15, 0.2) is 0 Å². The molecule has 2 atom stereocenters. The van der Waals surface area contributed by atoms with Crippen molar-refractivity contribution in [3.05, 3.63) is 17.3 Å². The zero-order valence-corrected chi connectivity index (χ0v) is 12.0. The molecule has 3 N–H and O–H groups in total. The van der Waals surface area contributed by atoms with Gasteiger partial charge in [0, 0.05) is 17.5 Å². The number of hydrogen-bond acceptors (Lipinski definition) is 5. The monoisotopic (exact) mass is 276 g/mol. The normalized spacial score (nSPS) is 23.1. The Balaban J connectivity index is 1.75. The van der Waals surface area contributed by atoms with Crippen LogP contribution >= 0.6 is 11.3 Å². The zero-order chi connectivity index (χ0) is 13.2. The quantitative estimate of drug-likeness (QED) is 0.901. The van der Waals surface area contributed by atoms with Gasteiger partial charge in [-0.25, -0.2) is 9.97 Å². The standard InChI is InChI=1S/C14H20N4S/c1-2-11-6-12-13(17-8-18-14(12)19-11)16-7-9-3-4-10(15)5-9/h6,8-10H,2-5,7,15H2,1H3,(H,16,17,18). The molecule has 1 aliphatic carbocycles. The number of rotatable bonds is 4. The molecule has 102 valence electrons. The number of nitrogens with one attached hydrogen (secondary N) is 1. The molecule has 0 bridgehead atoms. The molecule has 2 aromatic heterocycles. The van der Waals surface area contributed by atoms with Gasteiger partial charge < -0.3 is 11.1 Å². The van der Waals surface area contributed by atoms with Crippen LogP contribution in [0.1, 0.15) is 31.1 Å². The molecule has 0 aliphatic heterocycles. The predicted octanol–water partition coefficient (Wildman–Crippen LogP) is 2.79. The third-order valence-electron chi connectivity index (χ3n) is 3.87. The van der Waals surface area contributed by atoms with Gasteiger partial charge in [0.1, 0.15) is 17.0 Å². The fraction of sp³-hybridized carbons (Fsp3) is 0.571. The van der Waals surface area contributed by atoms with E-state index in [0.717, 1.165) is 41.8 Å². The largest absolute Gasteiger partial charge is 0.369 e. The second kappa shape index (κ2) is 5.43. The van der Waals surface area contributed by atoms with Crippen molar-refractivity contribution in [2.75, 3.05) is 11.9 Å². The second-order valence-electron chi connectivity index (χ2n) is 5.33. The van der Waals surface area contributed by atoms with Crippen molar-refractivity contribution >= 4 is 27.4 Å². The number of nitrogens with zero attached hydrogens (tertiary/aromatic N) is 2. The van der Waals surface area contributed by atoms with Gasteiger partial charge in [0.2, 0.25) is 0 Å². The van der Waals surface area contributed by atoms with Gasteiger partial charge in [-0.3, -0.25) is 0 Å². The molecule has 0 spiro atoms. The first-order chi connectivity index (χ1) is 9.26. The van der Waals surface area contributed by atoms with Crippen LogP contribution in [0.3, 0.4) is 0 Å². The van der Waals surface area contributed by atoms with E-state index in [0.29, 0.717) is 12.0 Å². The summed E-state index contributed by atoms with van der Waals surface area (Å²) in [4.78, 5) is 11.2. The maximum absolute atomic E-state index is 5.95. The molecule has 19 heavy (non-hydrogen) atoms. The Bertz CT molecular complexity index is 566. The van der Waals surface area contributed by atoms with Crippen LogP contribution in [0, 0.1) is 5.92 Å². The van der Waals surface area contributed by atoms with Crippen LogP contribution < -0.4 is 11.1 Å². The highest BCUT2D eigenvalue weighted by Crippen LogP contribution is 2.29. The Hall–Kier alpha value is -1.20. The van der Waals surface area contributed by atoms with Crippen molar-refractivity contribution in [2.24, 2.45) is 11.7 Å². The van der Waals surface area contributed by atoms with E-state index < -0.39 is 0 Å². The molecule has 4 nitrogen and oxygen atoms in total. The van der Waals surface area contributed by atoms with Crippen LogP contribution in [-0.4, -0.2) is 22.6 Å². The van der Waals surface area contributed by atoms with Crippen LogP contribution in [0.5, 0.6) is 0 Å². The molecule has 0 aromatic carbocycles. The molecule has 2 aromatic rings. The number of fused-ring (bicyclic) bond motifs is 1. The smallest absolute Gasteiger partial charge is 0.138 e. The highest BCUT2D eigenvalue weighted by molar-refractivity contribution is 7.18. The average Bonchev–Trinajstić information content (AvgIpc) is 3.02. The number of aromatic nitrogens is 2. The number of aryl methyl sites for hydroxylation is 1. The maximum Gasteiger partial charge on any atom is 0.138 e. The van der Waals surface area contributed by atoms with Crippen LogP contribution in [-0.2, 0) is 6.42 Å². The third-order valence-corrected chi connectivity index (χ3v) is 5.06. The number of nitrogens with two attached hydrogens (primary N) is 1. The summed E-state index contributed by atoms with van der Waals surface area (Å²) < 4.78 is 0. The number of anilines is 1. The van der Waals surface area contributed by atoms with E-state index >= 15 is 0 Å². The first-order valence-electron chi connectivity index (χ1n) is 6.99. The summed E-state index contributed by atoms with van der Waals surface area (Å²) in [6.07, 6.45) is 6.22. The van der Waals surface area contributed by atoms with Crippen molar-refractivity contribution in [3.8, 4) is 0 Å². The Labute approximate surface area is 117 Å². The Kier molecular flexibility index (Phi) is 3.66. The topological polar surface area (TPSA) is 63.8 Å². The Morgan fingerprint density at radius 1 is 1.42 bits per heavy atom. The summed E-state index contributed by atoms with van der Waals surface area (Å²) in [5, 5.41) is 4.65. The maximum atomic E-state index is 5.95. The predicted molar refractivity (Wildman–Crippen MR) is 80.6 cm³/mol. The van der Waals surface area contributed by atoms with E-state index in [-0.39, 0.29) is 0 Å². The molecule has 2 heterocycles. The lowest BCUT2D eigenvalue weighted by atomic mass is 10.1. The Morgan fingerprint density at radius 2 is 2.32 bits per heavy atom. The van der Waals surface area contributed by atoms with Gasteiger partial charge in [-0.1, -0.05) is 6.92 Å². The molecule has 1 aliphatic rings. The first-order valence-corrected chi connectivity index (χ1v) is 7.80. The summed E-state index contributed by atoms with van der Waals surface area (Å²) >= 11 is 1.76. The van der Waals surface area contributed by atoms with Gasteiger partial charge in [-0.15, -0.1) is 11.3 Å². The van der Waals surface area contributed by atoms with E-state index in [9.17, 15) is 0 Å². The first kappa shape index (κ1) is 12.8. The molecule has 0 amide bonds. The minimum Gasteiger partial charge on any atom is -0.369 e. The SMILES string of the molecule is CCc1cc2c(NCC3CCC(N)C3)ncnc2s1. The zero-order valence-electron chi connectivity index (χ0n) is 11.2. The third kappa shape index (κ3) is 2.72. The lowest BCUT2D eigenvalue weighted by molar-refractivity contribution is 0.565. The molecule has 2 unspecified atom stereocenters. The minimum absolute atomic E-state index is 0.394. The number of hydrogen-bond donors (Lipinski definition) is 2. The molecular weight excluding hydrogens is 256 g/mol. The fourth-order valence-corrected chi connectivity index (χ4v) is 3.70. The van der Waals surface area contributed by atoms with E-state index in [1.165, 1.54) is 11.3 Å². The second-order valence-corrected chi connectivity index (χ2v) is 6.44. The summed E-state index contributed by atoms with van der Waals surface area (Å²) in [5.74, 6) is 1.66. The summed E-state index contributed by atoms with van der Waals surface area (Å²) in [6, 6.07) is 2.60. The van der Waals surface area contributed by atoms with Crippen molar-refractivity contribution in [2.45, 2.75) is 38.6 Å². The summed E-state index contributed by atoms with van der Waals surface area (Å²) in [5.41, 5.74) is 5.95. The molecule has 1 saturated carbocycles. The molecule has 0 radical (unpaired) electrons. The van der Waals surface area contributed by atoms with Crippen LogP contribution in [0.2, 0.25) is 0 Å². The molecular formula is C14H20N4S. The van der Waals surface area contributed by atoms with Gasteiger partial charge in [0.25, 0.3) is 0 Å². The van der Waals surface area contributed by atoms with Crippen molar-refractivity contribution in [1.29, 1.82) is 0 Å². The lowest BCUT2D eigenvalue weighted by Gasteiger charge is -2.11. The minimum atomic E-state index is 0.394. The molecule has 1 fully saturated rings. The van der Waals surface area contributed by atoms with Gasteiger partial charge in [-0.05, 0) is 37.7 Å². The fourth-order valence-electron chi connectivity index (χ4n) is 2.76. The van der Waals surface area contributed by atoms with Gasteiger partial charge in [0.05, 0.1) is 5.39 Å². The average molecular weight is 276 g/mol. The highest BCUT2D eigenvalue weighted by atomic mass is 32.1. The van der Waals surface area contributed by atoms with Crippen molar-refractivity contribution in [1.82, 2.24) is 9.97 Å². The van der Waals surface area contributed by atoms with Crippen LogP contribution in [0.15, 0.2) is 12.4 Å². The summed E-state index contributed by atoms with van der Waals surface area (Å²) in [6.45, 7) is 3.14. The van der Waals surface area contributed by atoms with E-state index in [1.54, 1.807) is 17.7 Å². The lowest BCUT2D eigenvalue weighted by Crippen LogP contribution is -2.18. The molecule has 5 heteroatoms. The summed E-state index contributed by atoms with van der Waals surface area (Å²) in [7, 11) is 0.